The van der Waals surface area contributed by atoms with Crippen molar-refractivity contribution < 1.29 is 45.3 Å². The maximum atomic E-state index is 12.3. The summed E-state index contributed by atoms with van der Waals surface area (Å²) in [7, 11) is 0. The van der Waals surface area contributed by atoms with Crippen LogP contribution in [-0.2, 0) is 9.47 Å². The van der Waals surface area contributed by atoms with E-state index in [9.17, 15) is 26.3 Å². The summed E-state index contributed by atoms with van der Waals surface area (Å²) in [5, 5.41) is 1.42. The van der Waals surface area contributed by atoms with Gasteiger partial charge in [-0.05, 0) is 71.5 Å². The maximum Gasteiger partial charge on any atom is 0.573 e. The molecular formula is C44H30Cl4F6N4O4. The first-order valence-corrected chi connectivity index (χ1v) is 19.9. The van der Waals surface area contributed by atoms with Crippen LogP contribution in [0.5, 0.6) is 11.5 Å². The van der Waals surface area contributed by atoms with Crippen LogP contribution in [0.25, 0.3) is 22.3 Å². The fourth-order valence-corrected chi connectivity index (χ4v) is 7.67. The van der Waals surface area contributed by atoms with Crippen LogP contribution in [0, 0.1) is 0 Å². The van der Waals surface area contributed by atoms with Crippen LogP contribution < -0.4 is 9.47 Å². The zero-order valence-corrected chi connectivity index (χ0v) is 35.1. The third-order valence-corrected chi connectivity index (χ3v) is 10.6. The van der Waals surface area contributed by atoms with Gasteiger partial charge in [0.05, 0.1) is 31.2 Å². The number of aromatic nitrogens is 2. The van der Waals surface area contributed by atoms with E-state index >= 15 is 0 Å². The summed E-state index contributed by atoms with van der Waals surface area (Å²) >= 11 is 24.8. The number of aliphatic imine (C=N–C) groups is 2. The minimum Gasteiger partial charge on any atom is -0.472 e. The fourth-order valence-electron chi connectivity index (χ4n) is 6.62. The van der Waals surface area contributed by atoms with Gasteiger partial charge in [-0.2, -0.15) is 0 Å². The van der Waals surface area contributed by atoms with Crippen molar-refractivity contribution in [3.8, 4) is 33.8 Å². The number of nitrogens with zero attached hydrogens (tertiary/aromatic N) is 4. The molecular weight excluding hydrogens is 904 g/mol. The topological polar surface area (TPSA) is 87.4 Å². The van der Waals surface area contributed by atoms with E-state index in [1.54, 1.807) is 24.3 Å². The lowest BCUT2D eigenvalue weighted by molar-refractivity contribution is -0.275. The molecule has 62 heavy (non-hydrogen) atoms. The van der Waals surface area contributed by atoms with E-state index in [1.165, 1.54) is 49.1 Å². The molecule has 6 aromatic rings. The number of alkyl halides is 6. The smallest absolute Gasteiger partial charge is 0.472 e. The average molecular weight is 935 g/mol. The van der Waals surface area contributed by atoms with Crippen LogP contribution in [0.15, 0.2) is 132 Å². The minimum absolute atomic E-state index is 0.236. The quantitative estimate of drug-likeness (QED) is 0.141. The second kappa shape index (κ2) is 18.4. The Hall–Kier alpha value is -5.54. The van der Waals surface area contributed by atoms with Crippen molar-refractivity contribution in [1.29, 1.82) is 0 Å². The van der Waals surface area contributed by atoms with Crippen molar-refractivity contribution in [3.63, 3.8) is 0 Å². The number of pyridine rings is 2. The molecule has 0 spiro atoms. The van der Waals surface area contributed by atoms with Crippen molar-refractivity contribution in [2.24, 2.45) is 9.98 Å². The van der Waals surface area contributed by atoms with Gasteiger partial charge in [-0.3, -0.25) is 9.97 Å². The number of benzene rings is 4. The van der Waals surface area contributed by atoms with Crippen LogP contribution in [0.1, 0.15) is 48.2 Å². The highest BCUT2D eigenvalue weighted by Crippen LogP contribution is 2.38. The molecule has 0 aliphatic carbocycles. The number of hydrogen-bond acceptors (Lipinski definition) is 8. The normalized spacial score (nSPS) is 18.5. The lowest BCUT2D eigenvalue weighted by Gasteiger charge is -2.14. The maximum absolute atomic E-state index is 12.3. The molecule has 2 aromatic heterocycles. The molecule has 320 valence electrons. The van der Waals surface area contributed by atoms with Gasteiger partial charge < -0.3 is 18.9 Å². The molecule has 4 atom stereocenters. The van der Waals surface area contributed by atoms with Crippen molar-refractivity contribution in [2.45, 2.75) is 50.9 Å². The van der Waals surface area contributed by atoms with Gasteiger partial charge in [0.25, 0.3) is 0 Å². The van der Waals surface area contributed by atoms with E-state index in [2.05, 4.69) is 29.4 Å². The summed E-state index contributed by atoms with van der Waals surface area (Å²) in [6.07, 6.45) is -3.99. The molecule has 2 aliphatic heterocycles. The van der Waals surface area contributed by atoms with Gasteiger partial charge in [0.2, 0.25) is 11.8 Å². The van der Waals surface area contributed by atoms with Gasteiger partial charge in [-0.25, -0.2) is 9.98 Å². The van der Waals surface area contributed by atoms with Gasteiger partial charge in [-0.15, -0.1) is 26.3 Å². The summed E-state index contributed by atoms with van der Waals surface area (Å²) in [6.45, 7) is 3.80. The molecule has 4 aromatic carbocycles. The summed E-state index contributed by atoms with van der Waals surface area (Å²) in [5.74, 6) is 0.193. The van der Waals surface area contributed by atoms with Crippen molar-refractivity contribution in [3.05, 3.63) is 164 Å². The third-order valence-electron chi connectivity index (χ3n) is 9.48. The lowest BCUT2D eigenvalue weighted by Crippen LogP contribution is -2.16. The number of halogens is 10. The molecule has 0 unspecified atom stereocenters. The van der Waals surface area contributed by atoms with Crippen LogP contribution in [-0.4, -0.2) is 46.7 Å². The zero-order valence-electron chi connectivity index (χ0n) is 32.1. The first-order chi connectivity index (χ1) is 29.4. The molecule has 0 fully saturated rings. The van der Waals surface area contributed by atoms with Crippen LogP contribution in [0.2, 0.25) is 20.1 Å². The molecule has 4 heterocycles. The summed E-state index contributed by atoms with van der Waals surface area (Å²) in [6, 6.07) is 26.0. The fraction of sp³-hybridized carbons (Fsp3) is 0.182. The van der Waals surface area contributed by atoms with E-state index in [4.69, 9.17) is 55.9 Å². The lowest BCUT2D eigenvalue weighted by atomic mass is 9.99. The molecule has 0 saturated heterocycles. The molecule has 8 nitrogen and oxygen atoms in total. The standard InChI is InChI=1S/2C22H15Cl2F3N2O2/c2*1-12-20(29-21(30-12)19-17(23)10-28-11-18(19)24)15-4-2-13(3-5-15)14-6-8-16(9-7-14)31-22(25,26)27/h2*2-12,20H,1H3/t2*12-,20-/m10/s1. The van der Waals surface area contributed by atoms with Gasteiger partial charge in [-0.1, -0.05) is 119 Å². The van der Waals surface area contributed by atoms with Crippen molar-refractivity contribution in [2.75, 3.05) is 0 Å². The molecule has 0 saturated carbocycles. The largest absolute Gasteiger partial charge is 0.573 e. The van der Waals surface area contributed by atoms with Gasteiger partial charge in [0.15, 0.2) is 0 Å². The predicted molar refractivity (Wildman–Crippen MR) is 225 cm³/mol. The average Bonchev–Trinajstić information content (AvgIpc) is 3.79. The summed E-state index contributed by atoms with van der Waals surface area (Å²) < 4.78 is 93.4. The van der Waals surface area contributed by atoms with E-state index in [0.717, 1.165) is 33.4 Å². The molecule has 0 amide bonds. The van der Waals surface area contributed by atoms with E-state index in [0.29, 0.717) is 43.0 Å². The molecule has 0 N–H and O–H groups in total. The van der Waals surface area contributed by atoms with Crippen molar-refractivity contribution in [1.82, 2.24) is 9.97 Å². The number of rotatable bonds is 8. The Labute approximate surface area is 370 Å². The second-order valence-electron chi connectivity index (χ2n) is 13.7. The van der Waals surface area contributed by atoms with Gasteiger partial charge in [0.1, 0.15) is 35.8 Å². The summed E-state index contributed by atoms with van der Waals surface area (Å²) in [5.41, 5.74) is 6.06. The summed E-state index contributed by atoms with van der Waals surface area (Å²) in [4.78, 5) is 17.2. The Morgan fingerprint density at radius 2 is 0.726 bits per heavy atom. The van der Waals surface area contributed by atoms with E-state index < -0.39 is 12.7 Å². The molecule has 0 bridgehead atoms. The Balaban J connectivity index is 0.000000186. The highest BCUT2D eigenvalue weighted by atomic mass is 35.5. The third kappa shape index (κ3) is 10.7. The Kier molecular flexibility index (Phi) is 13.2. The van der Waals surface area contributed by atoms with Gasteiger partial charge >= 0.3 is 12.7 Å². The molecule has 8 rings (SSSR count). The highest BCUT2D eigenvalue weighted by molar-refractivity contribution is 6.40. The first kappa shape index (κ1) is 44.5. The Bertz CT molecular complexity index is 2370. The van der Waals surface area contributed by atoms with E-state index in [1.807, 2.05) is 62.4 Å². The molecule has 0 radical (unpaired) electrons. The Morgan fingerprint density at radius 3 is 1.00 bits per heavy atom. The predicted octanol–water partition coefficient (Wildman–Crippen LogP) is 13.7. The number of ether oxygens (including phenoxy) is 4. The van der Waals surface area contributed by atoms with Gasteiger partial charge in [0, 0.05) is 24.8 Å². The molecule has 18 heteroatoms. The molecule has 2 aliphatic rings. The second-order valence-corrected chi connectivity index (χ2v) is 15.4. The van der Waals surface area contributed by atoms with Crippen LogP contribution in [0.3, 0.4) is 0 Å². The van der Waals surface area contributed by atoms with Crippen molar-refractivity contribution >= 4 is 58.2 Å². The monoisotopic (exact) mass is 932 g/mol. The van der Waals surface area contributed by atoms with E-state index in [-0.39, 0.29) is 35.8 Å². The minimum atomic E-state index is -4.71. The zero-order chi connectivity index (χ0) is 44.3. The number of hydrogen-bond donors (Lipinski definition) is 0. The SMILES string of the molecule is C[C@@H]1OC(c2c(Cl)cncc2Cl)=N[C@@H]1c1ccc(-c2ccc(OC(F)(F)F)cc2)cc1.C[C@H]1OC(c2c(Cl)cncc2Cl)=N[C@H]1c1ccc(-c2ccc(OC(F)(F)F)cc2)cc1. The van der Waals surface area contributed by atoms with Crippen LogP contribution in [0.4, 0.5) is 26.3 Å². The highest BCUT2D eigenvalue weighted by Gasteiger charge is 2.34. The first-order valence-electron chi connectivity index (χ1n) is 18.4. The van der Waals surface area contributed by atoms with Crippen LogP contribution >= 0.6 is 46.4 Å². The Morgan fingerprint density at radius 1 is 0.452 bits per heavy atom.